The number of nitro groups is 1. The Bertz CT molecular complexity index is 382. The van der Waals surface area contributed by atoms with Gasteiger partial charge in [-0.3, -0.25) is 10.1 Å². The Morgan fingerprint density at radius 3 is 2.76 bits per heavy atom. The third-order valence-corrected chi connectivity index (χ3v) is 2.34. The highest BCUT2D eigenvalue weighted by molar-refractivity contribution is 5.38. The van der Waals surface area contributed by atoms with E-state index in [1.807, 2.05) is 13.8 Å². The topological polar surface area (TPSA) is 81.0 Å². The van der Waals surface area contributed by atoms with Crippen LogP contribution < -0.4 is 5.32 Å². The molecule has 0 aliphatic carbocycles. The van der Waals surface area contributed by atoms with E-state index in [-0.39, 0.29) is 5.69 Å². The highest BCUT2D eigenvalue weighted by Crippen LogP contribution is 2.18. The number of hydrogen-bond acceptors (Lipinski definition) is 5. The number of anilines is 1. The van der Waals surface area contributed by atoms with Gasteiger partial charge in [0.05, 0.1) is 4.92 Å². The van der Waals surface area contributed by atoms with Gasteiger partial charge in [-0.25, -0.2) is 9.97 Å². The lowest BCUT2D eigenvalue weighted by molar-refractivity contribution is -0.386. The predicted octanol–water partition coefficient (Wildman–Crippen LogP) is 2.55. The lowest BCUT2D eigenvalue weighted by atomic mass is 10.2. The molecule has 0 radical (unpaired) electrons. The molecule has 1 rings (SSSR count). The molecule has 0 bridgehead atoms. The molecule has 0 saturated carbocycles. The molecule has 0 atom stereocenters. The highest BCUT2D eigenvalue weighted by atomic mass is 16.6. The van der Waals surface area contributed by atoms with Gasteiger partial charge >= 0.3 is 5.69 Å². The number of rotatable bonds is 7. The number of nitrogens with zero attached hydrogens (tertiary/aromatic N) is 3. The second-order valence-corrected chi connectivity index (χ2v) is 3.81. The molecule has 1 heterocycles. The lowest BCUT2D eigenvalue weighted by Crippen LogP contribution is -2.08. The van der Waals surface area contributed by atoms with Crippen molar-refractivity contribution in [1.82, 2.24) is 9.97 Å². The molecular weight excluding hydrogens is 220 g/mol. The van der Waals surface area contributed by atoms with E-state index in [4.69, 9.17) is 0 Å². The first kappa shape index (κ1) is 13.3. The van der Waals surface area contributed by atoms with E-state index in [9.17, 15) is 10.1 Å². The second kappa shape index (κ2) is 6.78. The van der Waals surface area contributed by atoms with Gasteiger partial charge in [0.2, 0.25) is 5.95 Å². The van der Waals surface area contributed by atoms with Crippen LogP contribution in [-0.2, 0) is 6.42 Å². The summed E-state index contributed by atoms with van der Waals surface area (Å²) >= 11 is 0. The fourth-order valence-electron chi connectivity index (χ4n) is 1.41. The van der Waals surface area contributed by atoms with Gasteiger partial charge in [0.25, 0.3) is 0 Å². The molecule has 0 spiro atoms. The highest BCUT2D eigenvalue weighted by Gasteiger charge is 2.16. The average Bonchev–Trinajstić information content (AvgIpc) is 2.33. The molecule has 1 aromatic heterocycles. The summed E-state index contributed by atoms with van der Waals surface area (Å²) in [6, 6.07) is 0. The molecule has 94 valence electrons. The van der Waals surface area contributed by atoms with Crippen LogP contribution in [0.5, 0.6) is 0 Å². The summed E-state index contributed by atoms with van der Waals surface area (Å²) in [5.41, 5.74) is 0.533. The Morgan fingerprint density at radius 2 is 2.18 bits per heavy atom. The molecule has 0 saturated heterocycles. The number of aryl methyl sites for hydroxylation is 1. The standard InChI is InChI=1S/C11H18N4O2/c1-3-5-6-9-10(15(16)17)8-13-11(14-9)12-7-4-2/h8H,3-7H2,1-2H3,(H,12,13,14). The minimum absolute atomic E-state index is 0.0144. The second-order valence-electron chi connectivity index (χ2n) is 3.81. The summed E-state index contributed by atoms with van der Waals surface area (Å²) < 4.78 is 0. The first-order chi connectivity index (χ1) is 8.19. The summed E-state index contributed by atoms with van der Waals surface area (Å²) in [6.07, 6.45) is 4.75. The molecule has 1 aromatic rings. The largest absolute Gasteiger partial charge is 0.354 e. The van der Waals surface area contributed by atoms with Gasteiger partial charge in [-0.1, -0.05) is 20.3 Å². The van der Waals surface area contributed by atoms with Crippen molar-refractivity contribution in [3.8, 4) is 0 Å². The SMILES string of the molecule is CCCCc1nc(NCCC)ncc1[N+](=O)[O-]. The number of hydrogen-bond donors (Lipinski definition) is 1. The van der Waals surface area contributed by atoms with Gasteiger partial charge in [-0.05, 0) is 19.3 Å². The van der Waals surface area contributed by atoms with E-state index < -0.39 is 4.92 Å². The van der Waals surface area contributed by atoms with Crippen LogP contribution in [0.4, 0.5) is 11.6 Å². The van der Waals surface area contributed by atoms with Crippen molar-refractivity contribution in [2.75, 3.05) is 11.9 Å². The number of unbranched alkanes of at least 4 members (excludes halogenated alkanes) is 1. The molecule has 6 nitrogen and oxygen atoms in total. The Balaban J connectivity index is 2.88. The minimum atomic E-state index is -0.422. The van der Waals surface area contributed by atoms with Crippen molar-refractivity contribution in [2.24, 2.45) is 0 Å². The van der Waals surface area contributed by atoms with Gasteiger partial charge in [-0.15, -0.1) is 0 Å². The van der Waals surface area contributed by atoms with Gasteiger partial charge < -0.3 is 5.32 Å². The normalized spacial score (nSPS) is 10.2. The fourth-order valence-corrected chi connectivity index (χ4v) is 1.41. The van der Waals surface area contributed by atoms with Gasteiger partial charge in [0.15, 0.2) is 0 Å². The summed E-state index contributed by atoms with van der Waals surface area (Å²) in [6.45, 7) is 4.85. The molecule has 0 aromatic carbocycles. The third-order valence-electron chi connectivity index (χ3n) is 2.34. The average molecular weight is 238 g/mol. The van der Waals surface area contributed by atoms with Gasteiger partial charge in [-0.2, -0.15) is 0 Å². The third kappa shape index (κ3) is 3.97. The molecule has 0 aliphatic heterocycles. The summed E-state index contributed by atoms with van der Waals surface area (Å²) in [7, 11) is 0. The van der Waals surface area contributed by atoms with E-state index in [1.165, 1.54) is 6.20 Å². The van der Waals surface area contributed by atoms with Crippen molar-refractivity contribution < 1.29 is 4.92 Å². The number of aromatic nitrogens is 2. The van der Waals surface area contributed by atoms with E-state index in [1.54, 1.807) is 0 Å². The molecule has 17 heavy (non-hydrogen) atoms. The summed E-state index contributed by atoms with van der Waals surface area (Å²) in [4.78, 5) is 18.5. The molecular formula is C11H18N4O2. The Morgan fingerprint density at radius 1 is 1.41 bits per heavy atom. The van der Waals surface area contributed by atoms with E-state index >= 15 is 0 Å². The zero-order chi connectivity index (χ0) is 12.7. The predicted molar refractivity (Wildman–Crippen MR) is 66.1 cm³/mol. The van der Waals surface area contributed by atoms with Crippen LogP contribution >= 0.6 is 0 Å². The number of nitrogens with one attached hydrogen (secondary N) is 1. The van der Waals surface area contributed by atoms with Crippen molar-refractivity contribution in [3.63, 3.8) is 0 Å². The van der Waals surface area contributed by atoms with Crippen LogP contribution in [0, 0.1) is 10.1 Å². The van der Waals surface area contributed by atoms with Crippen molar-refractivity contribution in [2.45, 2.75) is 39.5 Å². The van der Waals surface area contributed by atoms with E-state index in [0.29, 0.717) is 18.1 Å². The fraction of sp³-hybridized carbons (Fsp3) is 0.636. The van der Waals surface area contributed by atoms with E-state index in [0.717, 1.165) is 25.8 Å². The van der Waals surface area contributed by atoms with Crippen LogP contribution in [0.3, 0.4) is 0 Å². The van der Waals surface area contributed by atoms with Crippen molar-refractivity contribution in [1.29, 1.82) is 0 Å². The van der Waals surface area contributed by atoms with Gasteiger partial charge in [0.1, 0.15) is 11.9 Å². The van der Waals surface area contributed by atoms with Crippen LogP contribution in [-0.4, -0.2) is 21.4 Å². The zero-order valence-corrected chi connectivity index (χ0v) is 10.3. The smallest absolute Gasteiger partial charge is 0.309 e. The molecule has 6 heteroatoms. The summed E-state index contributed by atoms with van der Waals surface area (Å²) in [5, 5.41) is 13.8. The minimum Gasteiger partial charge on any atom is -0.354 e. The van der Waals surface area contributed by atoms with Crippen molar-refractivity contribution in [3.05, 3.63) is 22.0 Å². The first-order valence-electron chi connectivity index (χ1n) is 5.93. The van der Waals surface area contributed by atoms with Crippen LogP contribution in [0.1, 0.15) is 38.8 Å². The quantitative estimate of drug-likeness (QED) is 0.583. The van der Waals surface area contributed by atoms with Crippen LogP contribution in [0.15, 0.2) is 6.20 Å². The van der Waals surface area contributed by atoms with Crippen LogP contribution in [0.25, 0.3) is 0 Å². The van der Waals surface area contributed by atoms with Crippen LogP contribution in [0.2, 0.25) is 0 Å². The molecule has 0 unspecified atom stereocenters. The maximum atomic E-state index is 10.8. The maximum absolute atomic E-state index is 10.8. The Labute approximate surface area is 101 Å². The monoisotopic (exact) mass is 238 g/mol. The lowest BCUT2D eigenvalue weighted by Gasteiger charge is -2.05. The molecule has 1 N–H and O–H groups in total. The Kier molecular flexibility index (Phi) is 5.32. The van der Waals surface area contributed by atoms with Gasteiger partial charge in [0, 0.05) is 6.54 Å². The van der Waals surface area contributed by atoms with Crippen molar-refractivity contribution >= 4 is 11.6 Å². The summed E-state index contributed by atoms with van der Waals surface area (Å²) in [5.74, 6) is 0.476. The first-order valence-corrected chi connectivity index (χ1v) is 5.93. The zero-order valence-electron chi connectivity index (χ0n) is 10.3. The maximum Gasteiger partial charge on any atom is 0.309 e. The van der Waals surface area contributed by atoms with E-state index in [2.05, 4.69) is 15.3 Å². The molecule has 0 aliphatic rings. The Hall–Kier alpha value is -1.72. The molecule has 0 fully saturated rings. The molecule has 0 amide bonds.